The minimum Gasteiger partial charge on any atom is -0.496 e. The van der Waals surface area contributed by atoms with Crippen LogP contribution in [-0.2, 0) is 4.79 Å². The third-order valence-corrected chi connectivity index (χ3v) is 3.70. The van der Waals surface area contributed by atoms with Crippen molar-refractivity contribution in [3.8, 4) is 11.5 Å². The number of amides is 2. The molecule has 0 aliphatic carbocycles. The van der Waals surface area contributed by atoms with E-state index in [1.807, 2.05) is 31.2 Å². The van der Waals surface area contributed by atoms with Crippen LogP contribution in [0.5, 0.6) is 11.5 Å². The van der Waals surface area contributed by atoms with E-state index in [1.165, 1.54) is 12.7 Å². The smallest absolute Gasteiger partial charge is 0.255 e. The van der Waals surface area contributed by atoms with Crippen LogP contribution in [0.1, 0.15) is 22.3 Å². The van der Waals surface area contributed by atoms with Crippen molar-refractivity contribution in [2.24, 2.45) is 0 Å². The topological polar surface area (TPSA) is 76.7 Å². The molecule has 2 aromatic rings. The molecular formula is C20H24N2O4. The predicted octanol–water partition coefficient (Wildman–Crippen LogP) is 2.32. The number of rotatable bonds is 9. The number of aryl methyl sites for hydroxylation is 1. The van der Waals surface area contributed by atoms with Crippen molar-refractivity contribution in [1.29, 1.82) is 0 Å². The van der Waals surface area contributed by atoms with Crippen molar-refractivity contribution < 1.29 is 19.1 Å². The minimum absolute atomic E-state index is 0.141. The van der Waals surface area contributed by atoms with Crippen LogP contribution in [0.3, 0.4) is 0 Å². The number of methoxy groups -OCH3 is 1. The number of hydrogen-bond acceptors (Lipinski definition) is 4. The maximum absolute atomic E-state index is 12.1. The maximum Gasteiger partial charge on any atom is 0.255 e. The van der Waals surface area contributed by atoms with Gasteiger partial charge in [-0.25, -0.2) is 0 Å². The highest BCUT2D eigenvalue weighted by Crippen LogP contribution is 2.16. The molecule has 138 valence electrons. The first-order chi connectivity index (χ1) is 12.6. The molecule has 6 heteroatoms. The molecule has 2 aromatic carbocycles. The number of carbonyl (C=O) groups is 2. The molecule has 6 nitrogen and oxygen atoms in total. The molecule has 26 heavy (non-hydrogen) atoms. The third-order valence-electron chi connectivity index (χ3n) is 3.70. The van der Waals surface area contributed by atoms with E-state index in [-0.39, 0.29) is 24.8 Å². The molecule has 0 atom stereocenters. The number of hydrogen-bond donors (Lipinski definition) is 2. The van der Waals surface area contributed by atoms with Gasteiger partial charge in [-0.15, -0.1) is 0 Å². The van der Waals surface area contributed by atoms with Gasteiger partial charge >= 0.3 is 0 Å². The molecule has 0 bridgehead atoms. The van der Waals surface area contributed by atoms with E-state index in [1.54, 1.807) is 24.3 Å². The standard InChI is InChI=1S/C20H24N2O4/c1-15-7-9-16(10-8-15)26-14-13-21-19(23)11-12-22-20(24)17-5-3-4-6-18(17)25-2/h3-10H,11-14H2,1-2H3,(H,21,23)(H,22,24). The Morgan fingerprint density at radius 2 is 1.69 bits per heavy atom. The Hall–Kier alpha value is -3.02. The average Bonchev–Trinajstić information content (AvgIpc) is 2.66. The Morgan fingerprint density at radius 1 is 0.962 bits per heavy atom. The van der Waals surface area contributed by atoms with E-state index in [0.717, 1.165) is 5.75 Å². The highest BCUT2D eigenvalue weighted by atomic mass is 16.5. The molecular weight excluding hydrogens is 332 g/mol. The van der Waals surface area contributed by atoms with Gasteiger partial charge in [-0.2, -0.15) is 0 Å². The predicted molar refractivity (Wildman–Crippen MR) is 99.6 cm³/mol. The zero-order valence-electron chi connectivity index (χ0n) is 15.1. The molecule has 0 unspecified atom stereocenters. The summed E-state index contributed by atoms with van der Waals surface area (Å²) < 4.78 is 10.7. The Morgan fingerprint density at radius 3 is 2.42 bits per heavy atom. The first-order valence-electron chi connectivity index (χ1n) is 8.47. The number of benzene rings is 2. The van der Waals surface area contributed by atoms with Gasteiger partial charge in [-0.1, -0.05) is 29.8 Å². The Labute approximate surface area is 153 Å². The van der Waals surface area contributed by atoms with Crippen molar-refractivity contribution in [3.05, 3.63) is 59.7 Å². The lowest BCUT2D eigenvalue weighted by Crippen LogP contribution is -2.32. The van der Waals surface area contributed by atoms with Gasteiger partial charge in [0.2, 0.25) is 5.91 Å². The molecule has 0 aliphatic heterocycles. The summed E-state index contributed by atoms with van der Waals surface area (Å²) in [5, 5.41) is 5.48. The fourth-order valence-corrected chi connectivity index (χ4v) is 2.30. The molecule has 0 saturated carbocycles. The largest absolute Gasteiger partial charge is 0.496 e. The van der Waals surface area contributed by atoms with Crippen molar-refractivity contribution >= 4 is 11.8 Å². The summed E-state index contributed by atoms with van der Waals surface area (Å²) in [5.74, 6) is 0.868. The molecule has 0 spiro atoms. The first kappa shape index (κ1) is 19.3. The molecule has 0 radical (unpaired) electrons. The molecule has 2 N–H and O–H groups in total. The number of carbonyl (C=O) groups excluding carboxylic acids is 2. The van der Waals surface area contributed by atoms with Crippen LogP contribution >= 0.6 is 0 Å². The van der Waals surface area contributed by atoms with E-state index in [9.17, 15) is 9.59 Å². The Bertz CT molecular complexity index is 729. The van der Waals surface area contributed by atoms with Gasteiger partial charge in [0.25, 0.3) is 5.91 Å². The summed E-state index contributed by atoms with van der Waals surface area (Å²) in [4.78, 5) is 23.9. The van der Waals surface area contributed by atoms with Crippen LogP contribution in [0, 0.1) is 6.92 Å². The van der Waals surface area contributed by atoms with Gasteiger partial charge < -0.3 is 20.1 Å². The zero-order valence-corrected chi connectivity index (χ0v) is 15.1. The van der Waals surface area contributed by atoms with E-state index in [2.05, 4.69) is 10.6 Å². The summed E-state index contributed by atoms with van der Waals surface area (Å²) in [7, 11) is 1.51. The van der Waals surface area contributed by atoms with Crippen molar-refractivity contribution in [2.75, 3.05) is 26.8 Å². The van der Waals surface area contributed by atoms with Crippen LogP contribution in [-0.4, -0.2) is 38.6 Å². The number of para-hydroxylation sites is 1. The lowest BCUT2D eigenvalue weighted by molar-refractivity contribution is -0.121. The van der Waals surface area contributed by atoms with Crippen LogP contribution in [0.2, 0.25) is 0 Å². The Balaban J connectivity index is 1.62. The van der Waals surface area contributed by atoms with Crippen LogP contribution in [0.15, 0.2) is 48.5 Å². The second kappa shape index (κ2) is 10.1. The molecule has 0 fully saturated rings. The molecule has 0 saturated heterocycles. The van der Waals surface area contributed by atoms with Crippen molar-refractivity contribution in [1.82, 2.24) is 10.6 Å². The van der Waals surface area contributed by atoms with Crippen LogP contribution in [0.4, 0.5) is 0 Å². The lowest BCUT2D eigenvalue weighted by Gasteiger charge is -2.10. The van der Waals surface area contributed by atoms with E-state index < -0.39 is 0 Å². The SMILES string of the molecule is COc1ccccc1C(=O)NCCC(=O)NCCOc1ccc(C)cc1. The van der Waals surface area contributed by atoms with E-state index >= 15 is 0 Å². The molecule has 2 rings (SSSR count). The minimum atomic E-state index is -0.266. The fraction of sp³-hybridized carbons (Fsp3) is 0.300. The second-order valence-corrected chi connectivity index (χ2v) is 5.72. The van der Waals surface area contributed by atoms with Gasteiger partial charge in [0, 0.05) is 13.0 Å². The lowest BCUT2D eigenvalue weighted by atomic mass is 10.2. The van der Waals surface area contributed by atoms with Crippen LogP contribution < -0.4 is 20.1 Å². The number of ether oxygens (including phenoxy) is 2. The molecule has 0 aliphatic rings. The van der Waals surface area contributed by atoms with Gasteiger partial charge in [0.05, 0.1) is 19.2 Å². The van der Waals surface area contributed by atoms with Crippen LogP contribution in [0.25, 0.3) is 0 Å². The molecule has 0 heterocycles. The third kappa shape index (κ3) is 6.12. The summed E-state index contributed by atoms with van der Waals surface area (Å²) in [5.41, 5.74) is 1.61. The monoisotopic (exact) mass is 356 g/mol. The Kier molecular flexibility index (Phi) is 7.49. The van der Waals surface area contributed by atoms with Gasteiger partial charge in [0.1, 0.15) is 18.1 Å². The molecule has 0 aromatic heterocycles. The quantitative estimate of drug-likeness (QED) is 0.676. The van der Waals surface area contributed by atoms with Crippen molar-refractivity contribution in [3.63, 3.8) is 0 Å². The fourth-order valence-electron chi connectivity index (χ4n) is 2.30. The normalized spacial score (nSPS) is 10.1. The summed E-state index contributed by atoms with van der Waals surface area (Å²) >= 11 is 0. The first-order valence-corrected chi connectivity index (χ1v) is 8.47. The van der Waals surface area contributed by atoms with E-state index in [4.69, 9.17) is 9.47 Å². The van der Waals surface area contributed by atoms with Gasteiger partial charge in [0.15, 0.2) is 0 Å². The average molecular weight is 356 g/mol. The number of nitrogens with one attached hydrogen (secondary N) is 2. The molecule has 2 amide bonds. The summed E-state index contributed by atoms with van der Waals surface area (Å²) in [6.07, 6.45) is 0.200. The maximum atomic E-state index is 12.1. The summed E-state index contributed by atoms with van der Waals surface area (Å²) in [6.45, 7) is 3.06. The zero-order chi connectivity index (χ0) is 18.8. The highest BCUT2D eigenvalue weighted by Gasteiger charge is 2.11. The van der Waals surface area contributed by atoms with Gasteiger partial charge in [-0.3, -0.25) is 9.59 Å². The second-order valence-electron chi connectivity index (χ2n) is 5.72. The van der Waals surface area contributed by atoms with Crippen molar-refractivity contribution in [2.45, 2.75) is 13.3 Å². The van der Waals surface area contributed by atoms with Gasteiger partial charge in [-0.05, 0) is 31.2 Å². The van der Waals surface area contributed by atoms with E-state index in [0.29, 0.717) is 24.5 Å². The summed E-state index contributed by atoms with van der Waals surface area (Å²) in [6, 6.07) is 14.7. The highest BCUT2D eigenvalue weighted by molar-refractivity contribution is 5.97.